The number of nitrogens with zero attached hydrogens (tertiary/aromatic N) is 2. The zero-order valence-corrected chi connectivity index (χ0v) is 9.80. The van der Waals surface area contributed by atoms with Crippen LogP contribution in [0.4, 0.5) is 11.4 Å². The average Bonchev–Trinajstić information content (AvgIpc) is 2.61. The second-order valence-corrected chi connectivity index (χ2v) is 4.59. The molecule has 16 heavy (non-hydrogen) atoms. The first-order valence-electron chi connectivity index (χ1n) is 5.53. The van der Waals surface area contributed by atoms with Crippen LogP contribution in [-0.2, 0) is 0 Å². The molecule has 1 aliphatic heterocycles. The van der Waals surface area contributed by atoms with Crippen molar-refractivity contribution in [3.05, 3.63) is 24.3 Å². The highest BCUT2D eigenvalue weighted by molar-refractivity contribution is 5.54. The highest BCUT2D eigenvalue weighted by Gasteiger charge is 2.32. The topological polar surface area (TPSA) is 52.7 Å². The van der Waals surface area contributed by atoms with Gasteiger partial charge in [-0.05, 0) is 38.4 Å². The minimum absolute atomic E-state index is 0.206. The Bertz CT molecular complexity index is 350. The quantitative estimate of drug-likeness (QED) is 0.709. The molecule has 1 aromatic carbocycles. The minimum atomic E-state index is -0.285. The third kappa shape index (κ3) is 2.13. The summed E-state index contributed by atoms with van der Waals surface area (Å²) >= 11 is 0. The van der Waals surface area contributed by atoms with Gasteiger partial charge in [-0.2, -0.15) is 0 Å². The van der Waals surface area contributed by atoms with E-state index in [2.05, 4.69) is 9.80 Å². The zero-order chi connectivity index (χ0) is 11.7. The van der Waals surface area contributed by atoms with E-state index in [1.165, 1.54) is 0 Å². The lowest BCUT2D eigenvalue weighted by atomic mass is 10.2. The predicted octanol–water partition coefficient (Wildman–Crippen LogP) is 0.380. The lowest BCUT2D eigenvalue weighted by molar-refractivity contribution is 0.114. The first-order valence-corrected chi connectivity index (χ1v) is 5.53. The molecule has 0 unspecified atom stereocenters. The van der Waals surface area contributed by atoms with E-state index in [1.54, 1.807) is 0 Å². The Balaban J connectivity index is 2.10. The van der Waals surface area contributed by atoms with Crippen LogP contribution in [0.1, 0.15) is 0 Å². The molecule has 0 saturated carbocycles. The minimum Gasteiger partial charge on any atom is -0.399 e. The van der Waals surface area contributed by atoms with Crippen LogP contribution in [0.15, 0.2) is 24.3 Å². The molecule has 0 aromatic heterocycles. The summed E-state index contributed by atoms with van der Waals surface area (Å²) in [7, 11) is 4.00. The van der Waals surface area contributed by atoms with Crippen LogP contribution in [0, 0.1) is 0 Å². The van der Waals surface area contributed by atoms with Crippen LogP contribution in [0.2, 0.25) is 0 Å². The Morgan fingerprint density at radius 3 is 2.38 bits per heavy atom. The molecule has 3 N–H and O–H groups in total. The van der Waals surface area contributed by atoms with Gasteiger partial charge >= 0.3 is 0 Å². The summed E-state index contributed by atoms with van der Waals surface area (Å²) in [4.78, 5) is 4.26. The van der Waals surface area contributed by atoms with Gasteiger partial charge in [0.05, 0.1) is 12.1 Å². The van der Waals surface area contributed by atoms with Crippen LogP contribution in [0.25, 0.3) is 0 Å². The van der Waals surface area contributed by atoms with Gasteiger partial charge in [0.15, 0.2) is 0 Å². The first kappa shape index (κ1) is 11.2. The summed E-state index contributed by atoms with van der Waals surface area (Å²) in [6, 6.07) is 7.99. The van der Waals surface area contributed by atoms with Crippen LogP contribution in [0.3, 0.4) is 0 Å². The molecule has 0 amide bonds. The van der Waals surface area contributed by atoms with E-state index < -0.39 is 0 Å². The van der Waals surface area contributed by atoms with Gasteiger partial charge in [-0.15, -0.1) is 0 Å². The average molecular weight is 221 g/mol. The van der Waals surface area contributed by atoms with Crippen molar-refractivity contribution >= 4 is 11.4 Å². The van der Waals surface area contributed by atoms with Gasteiger partial charge in [0.2, 0.25) is 0 Å². The van der Waals surface area contributed by atoms with Gasteiger partial charge in [0.25, 0.3) is 0 Å². The van der Waals surface area contributed by atoms with Crippen molar-refractivity contribution in [2.75, 3.05) is 37.8 Å². The normalized spacial score (nSPS) is 25.4. The van der Waals surface area contributed by atoms with Gasteiger partial charge in [-0.1, -0.05) is 0 Å². The smallest absolute Gasteiger partial charge is 0.0886 e. The number of anilines is 2. The molecule has 2 rings (SSSR count). The molecule has 0 spiro atoms. The third-order valence-electron chi connectivity index (χ3n) is 3.18. The Morgan fingerprint density at radius 1 is 1.25 bits per heavy atom. The molecule has 0 bridgehead atoms. The second kappa shape index (κ2) is 4.31. The molecule has 88 valence electrons. The number of hydrogen-bond acceptors (Lipinski definition) is 4. The summed E-state index contributed by atoms with van der Waals surface area (Å²) in [6.07, 6.45) is -0.285. The molecule has 2 atom stereocenters. The maximum Gasteiger partial charge on any atom is 0.0886 e. The Hall–Kier alpha value is -1.26. The summed E-state index contributed by atoms with van der Waals surface area (Å²) < 4.78 is 0. The van der Waals surface area contributed by atoms with Crippen molar-refractivity contribution in [3.63, 3.8) is 0 Å². The van der Waals surface area contributed by atoms with E-state index >= 15 is 0 Å². The van der Waals surface area contributed by atoms with Crippen molar-refractivity contribution in [1.29, 1.82) is 0 Å². The number of aliphatic hydroxyl groups is 1. The monoisotopic (exact) mass is 221 g/mol. The molecule has 1 saturated heterocycles. The van der Waals surface area contributed by atoms with Gasteiger partial charge in [-0.25, -0.2) is 0 Å². The van der Waals surface area contributed by atoms with Crippen molar-refractivity contribution in [1.82, 2.24) is 4.90 Å². The summed E-state index contributed by atoms with van der Waals surface area (Å²) in [5.41, 5.74) is 7.55. The molecular weight excluding hydrogens is 202 g/mol. The summed E-state index contributed by atoms with van der Waals surface area (Å²) in [5.74, 6) is 0. The molecule has 1 fully saturated rings. The lowest BCUT2D eigenvalue weighted by Crippen LogP contribution is -2.37. The van der Waals surface area contributed by atoms with Crippen molar-refractivity contribution in [2.45, 2.75) is 12.1 Å². The van der Waals surface area contributed by atoms with E-state index in [-0.39, 0.29) is 12.1 Å². The number of hydrogen-bond donors (Lipinski definition) is 2. The van der Waals surface area contributed by atoms with Crippen molar-refractivity contribution in [2.24, 2.45) is 0 Å². The maximum absolute atomic E-state index is 9.94. The fraction of sp³-hybridized carbons (Fsp3) is 0.500. The first-order chi connectivity index (χ1) is 7.58. The molecular formula is C12H19N3O. The van der Waals surface area contributed by atoms with Crippen LogP contribution >= 0.6 is 0 Å². The third-order valence-corrected chi connectivity index (χ3v) is 3.18. The van der Waals surface area contributed by atoms with E-state index in [1.807, 2.05) is 38.4 Å². The zero-order valence-electron chi connectivity index (χ0n) is 9.80. The number of nitrogen functional groups attached to an aromatic ring is 1. The molecule has 1 aromatic rings. The standard InChI is InChI=1S/C12H19N3O/c1-14(2)11-7-15(8-12(11)16)10-5-3-9(13)4-6-10/h3-6,11-12,16H,7-8,13H2,1-2H3/t11-,12-/m1/s1. The number of benzene rings is 1. The fourth-order valence-corrected chi connectivity index (χ4v) is 2.17. The predicted molar refractivity (Wildman–Crippen MR) is 66.5 cm³/mol. The Kier molecular flexibility index (Phi) is 3.03. The van der Waals surface area contributed by atoms with E-state index in [0.29, 0.717) is 6.54 Å². The van der Waals surface area contributed by atoms with Crippen LogP contribution in [-0.4, -0.2) is 49.3 Å². The number of likely N-dealkylation sites (N-methyl/N-ethyl adjacent to an activating group) is 1. The largest absolute Gasteiger partial charge is 0.399 e. The highest BCUT2D eigenvalue weighted by Crippen LogP contribution is 2.23. The fourth-order valence-electron chi connectivity index (χ4n) is 2.17. The molecule has 1 aliphatic rings. The molecule has 4 nitrogen and oxygen atoms in total. The van der Waals surface area contributed by atoms with Crippen LogP contribution in [0.5, 0.6) is 0 Å². The van der Waals surface area contributed by atoms with Gasteiger partial charge < -0.3 is 20.6 Å². The van der Waals surface area contributed by atoms with E-state index in [9.17, 15) is 5.11 Å². The number of rotatable bonds is 2. The maximum atomic E-state index is 9.94. The number of nitrogens with two attached hydrogens (primary N) is 1. The molecule has 0 radical (unpaired) electrons. The van der Waals surface area contributed by atoms with Gasteiger partial charge in [0.1, 0.15) is 0 Å². The SMILES string of the molecule is CN(C)[C@@H]1CN(c2ccc(N)cc2)C[C@H]1O. The Labute approximate surface area is 96.3 Å². The highest BCUT2D eigenvalue weighted by atomic mass is 16.3. The number of aliphatic hydroxyl groups excluding tert-OH is 1. The van der Waals surface area contributed by atoms with Crippen LogP contribution < -0.4 is 10.6 Å². The summed E-state index contributed by atoms with van der Waals surface area (Å²) in [6.45, 7) is 1.55. The summed E-state index contributed by atoms with van der Waals surface area (Å²) in [5, 5.41) is 9.94. The molecule has 4 heteroatoms. The second-order valence-electron chi connectivity index (χ2n) is 4.59. The van der Waals surface area contributed by atoms with Gasteiger partial charge in [0, 0.05) is 24.5 Å². The lowest BCUT2D eigenvalue weighted by Gasteiger charge is -2.22. The van der Waals surface area contributed by atoms with Crippen molar-refractivity contribution in [3.8, 4) is 0 Å². The Morgan fingerprint density at radius 2 is 1.88 bits per heavy atom. The van der Waals surface area contributed by atoms with Gasteiger partial charge in [-0.3, -0.25) is 0 Å². The van der Waals surface area contributed by atoms with E-state index in [0.717, 1.165) is 17.9 Å². The van der Waals surface area contributed by atoms with E-state index in [4.69, 9.17) is 5.73 Å². The van der Waals surface area contributed by atoms with Crippen molar-refractivity contribution < 1.29 is 5.11 Å². The molecule has 1 heterocycles. The number of β-amino-alcohol motifs (C(OH)–C–C–N with tert-alkyl or cyclic N) is 1. The molecule has 0 aliphatic carbocycles.